The van der Waals surface area contributed by atoms with Crippen LogP contribution in [0.1, 0.15) is 33.1 Å². The molecular formula is C6H12O2. The number of hydrogen-bond acceptors (Lipinski definition) is 2. The van der Waals surface area contributed by atoms with Gasteiger partial charge in [0.15, 0.2) is 0 Å². The Bertz CT molecular complexity index is 76.6. The maximum absolute atomic E-state index is 4.70. The Balaban J connectivity index is 2.01. The first-order valence-electron chi connectivity index (χ1n) is 3.14. The molecule has 0 unspecified atom stereocenters. The predicted molar refractivity (Wildman–Crippen MR) is 30.1 cm³/mol. The van der Waals surface area contributed by atoms with E-state index in [4.69, 9.17) is 9.78 Å². The molecule has 2 nitrogen and oxygen atoms in total. The molecule has 0 aromatic rings. The van der Waals surface area contributed by atoms with Crippen LogP contribution in [0.5, 0.6) is 0 Å². The van der Waals surface area contributed by atoms with Crippen LogP contribution in [-0.2, 0) is 9.78 Å². The lowest BCUT2D eigenvalue weighted by molar-refractivity contribution is 0.0850. The summed E-state index contributed by atoms with van der Waals surface area (Å²) >= 11 is 0. The van der Waals surface area contributed by atoms with Gasteiger partial charge in [-0.2, -0.15) is 9.78 Å². The molecule has 8 heavy (non-hydrogen) atoms. The van der Waals surface area contributed by atoms with Gasteiger partial charge >= 0.3 is 0 Å². The van der Waals surface area contributed by atoms with E-state index in [-0.39, 0.29) is 5.79 Å². The van der Waals surface area contributed by atoms with Gasteiger partial charge in [0.25, 0.3) is 0 Å². The van der Waals surface area contributed by atoms with Crippen molar-refractivity contribution < 1.29 is 9.78 Å². The van der Waals surface area contributed by atoms with Gasteiger partial charge in [0.2, 0.25) is 5.79 Å². The average molecular weight is 116 g/mol. The fourth-order valence-electron chi connectivity index (χ4n) is 0.652. The summed E-state index contributed by atoms with van der Waals surface area (Å²) < 4.78 is 0. The molecule has 0 radical (unpaired) electrons. The lowest BCUT2D eigenvalue weighted by atomic mass is 10.1. The highest BCUT2D eigenvalue weighted by atomic mass is 17.4. The van der Waals surface area contributed by atoms with Gasteiger partial charge in [-0.25, -0.2) is 0 Å². The van der Waals surface area contributed by atoms with Crippen molar-refractivity contribution in [1.29, 1.82) is 0 Å². The third-order valence-corrected chi connectivity index (χ3v) is 1.35. The van der Waals surface area contributed by atoms with Gasteiger partial charge in [-0.3, -0.25) is 0 Å². The third kappa shape index (κ3) is 1.46. The van der Waals surface area contributed by atoms with Crippen LogP contribution in [0.15, 0.2) is 0 Å². The van der Waals surface area contributed by atoms with E-state index in [1.807, 2.05) is 6.92 Å². The van der Waals surface area contributed by atoms with Crippen molar-refractivity contribution in [2.24, 2.45) is 0 Å². The van der Waals surface area contributed by atoms with Crippen molar-refractivity contribution in [1.82, 2.24) is 0 Å². The van der Waals surface area contributed by atoms with Crippen LogP contribution in [0, 0.1) is 0 Å². The summed E-state index contributed by atoms with van der Waals surface area (Å²) in [4.78, 5) is 9.40. The molecule has 2 heteroatoms. The van der Waals surface area contributed by atoms with Crippen molar-refractivity contribution in [2.45, 2.75) is 38.9 Å². The van der Waals surface area contributed by atoms with Gasteiger partial charge in [0.05, 0.1) is 0 Å². The second kappa shape index (κ2) is 2.03. The molecule has 1 aliphatic heterocycles. The molecule has 1 rings (SSSR count). The van der Waals surface area contributed by atoms with Crippen molar-refractivity contribution in [2.75, 3.05) is 0 Å². The van der Waals surface area contributed by atoms with Gasteiger partial charge in [-0.15, -0.1) is 0 Å². The van der Waals surface area contributed by atoms with Gasteiger partial charge in [0.1, 0.15) is 0 Å². The Morgan fingerprint density at radius 1 is 1.38 bits per heavy atom. The Morgan fingerprint density at radius 2 is 2.00 bits per heavy atom. The van der Waals surface area contributed by atoms with Gasteiger partial charge < -0.3 is 0 Å². The van der Waals surface area contributed by atoms with E-state index in [0.29, 0.717) is 0 Å². The minimum Gasteiger partial charge on any atom is -0.195 e. The number of hydrogen-bond donors (Lipinski definition) is 0. The molecule has 1 fully saturated rings. The van der Waals surface area contributed by atoms with E-state index in [2.05, 4.69) is 6.92 Å². The zero-order valence-corrected chi connectivity index (χ0v) is 5.44. The predicted octanol–water partition coefficient (Wildman–Crippen LogP) is 1.85. The zero-order chi connectivity index (χ0) is 6.04. The Labute approximate surface area is 49.7 Å². The molecule has 1 heterocycles. The molecule has 0 bridgehead atoms. The molecular weight excluding hydrogens is 104 g/mol. The largest absolute Gasteiger partial charge is 0.231 e. The summed E-state index contributed by atoms with van der Waals surface area (Å²) in [5.41, 5.74) is 0. The third-order valence-electron chi connectivity index (χ3n) is 1.35. The Kier molecular flexibility index (Phi) is 1.54. The molecule has 0 saturated carbocycles. The normalized spacial score (nSPS) is 23.2. The Hall–Kier alpha value is -0.0800. The monoisotopic (exact) mass is 116 g/mol. The first kappa shape index (κ1) is 6.05. The highest BCUT2D eigenvalue weighted by Gasteiger charge is 2.42. The lowest BCUT2D eigenvalue weighted by Gasteiger charge is -1.94. The van der Waals surface area contributed by atoms with Crippen molar-refractivity contribution in [3.05, 3.63) is 0 Å². The van der Waals surface area contributed by atoms with Crippen LogP contribution in [-0.4, -0.2) is 5.79 Å². The summed E-state index contributed by atoms with van der Waals surface area (Å²) in [6, 6.07) is 0. The van der Waals surface area contributed by atoms with E-state index < -0.39 is 0 Å². The van der Waals surface area contributed by atoms with Gasteiger partial charge in [-0.1, -0.05) is 13.3 Å². The van der Waals surface area contributed by atoms with Gasteiger partial charge in [-0.05, 0) is 13.3 Å². The van der Waals surface area contributed by atoms with E-state index in [1.165, 1.54) is 12.8 Å². The standard InChI is InChI=1S/C6H12O2/c1-3-4-5-6(2)7-8-6/h3-5H2,1-2H3. The molecule has 0 aromatic carbocycles. The highest BCUT2D eigenvalue weighted by Crippen LogP contribution is 2.33. The molecule has 0 spiro atoms. The van der Waals surface area contributed by atoms with Crippen molar-refractivity contribution in [3.63, 3.8) is 0 Å². The van der Waals surface area contributed by atoms with Crippen molar-refractivity contribution in [3.8, 4) is 0 Å². The highest BCUT2D eigenvalue weighted by molar-refractivity contribution is 4.65. The average Bonchev–Trinajstić information content (AvgIpc) is 2.45. The molecule has 0 aliphatic carbocycles. The first-order valence-corrected chi connectivity index (χ1v) is 3.14. The van der Waals surface area contributed by atoms with Crippen LogP contribution >= 0.6 is 0 Å². The summed E-state index contributed by atoms with van der Waals surface area (Å²) in [7, 11) is 0. The van der Waals surface area contributed by atoms with Gasteiger partial charge in [0, 0.05) is 6.42 Å². The van der Waals surface area contributed by atoms with Crippen LogP contribution in [0.3, 0.4) is 0 Å². The smallest absolute Gasteiger partial charge is 0.195 e. The number of unbranched alkanes of at least 4 members (excludes halogenated alkanes) is 1. The van der Waals surface area contributed by atoms with Crippen molar-refractivity contribution >= 4 is 0 Å². The summed E-state index contributed by atoms with van der Waals surface area (Å²) in [5.74, 6) is -0.198. The molecule has 48 valence electrons. The molecule has 1 saturated heterocycles. The second-order valence-corrected chi connectivity index (χ2v) is 2.40. The second-order valence-electron chi connectivity index (χ2n) is 2.40. The van der Waals surface area contributed by atoms with E-state index in [0.717, 1.165) is 6.42 Å². The summed E-state index contributed by atoms with van der Waals surface area (Å²) in [6.07, 6.45) is 3.43. The van der Waals surface area contributed by atoms with Crippen LogP contribution in [0.4, 0.5) is 0 Å². The summed E-state index contributed by atoms with van der Waals surface area (Å²) in [5, 5.41) is 0. The fraction of sp³-hybridized carbons (Fsp3) is 1.00. The fourth-order valence-corrected chi connectivity index (χ4v) is 0.652. The SMILES string of the molecule is CCCCC1(C)OO1. The number of rotatable bonds is 3. The molecule has 0 aromatic heterocycles. The van der Waals surface area contributed by atoms with E-state index >= 15 is 0 Å². The molecule has 0 N–H and O–H groups in total. The molecule has 0 atom stereocenters. The van der Waals surface area contributed by atoms with E-state index in [1.54, 1.807) is 0 Å². The lowest BCUT2D eigenvalue weighted by Crippen LogP contribution is -2.01. The maximum Gasteiger partial charge on any atom is 0.231 e. The van der Waals surface area contributed by atoms with Crippen LogP contribution in [0.2, 0.25) is 0 Å². The van der Waals surface area contributed by atoms with E-state index in [9.17, 15) is 0 Å². The molecule has 1 aliphatic rings. The maximum atomic E-state index is 4.70. The quantitative estimate of drug-likeness (QED) is 0.415. The minimum absolute atomic E-state index is 0.198. The first-order chi connectivity index (χ1) is 3.77. The topological polar surface area (TPSA) is 25.1 Å². The zero-order valence-electron chi connectivity index (χ0n) is 5.44. The van der Waals surface area contributed by atoms with Crippen LogP contribution in [0.25, 0.3) is 0 Å². The van der Waals surface area contributed by atoms with Crippen LogP contribution < -0.4 is 0 Å². The Morgan fingerprint density at radius 3 is 2.38 bits per heavy atom. The minimum atomic E-state index is -0.198. The molecule has 0 amide bonds. The summed E-state index contributed by atoms with van der Waals surface area (Å²) in [6.45, 7) is 4.12.